The van der Waals surface area contributed by atoms with Gasteiger partial charge in [-0.3, -0.25) is 4.79 Å². The highest BCUT2D eigenvalue weighted by Crippen LogP contribution is 2.33. The monoisotopic (exact) mass is 248 g/mol. The van der Waals surface area contributed by atoms with Crippen molar-refractivity contribution in [1.82, 2.24) is 20.3 Å². The van der Waals surface area contributed by atoms with Crippen molar-refractivity contribution in [2.45, 2.75) is 51.0 Å². The SMILES string of the molecule is CNC(=O)C1CCc2nnn(C3CCCC3)c2C1. The molecule has 2 aliphatic carbocycles. The normalized spacial score (nSPS) is 23.9. The van der Waals surface area contributed by atoms with Gasteiger partial charge in [-0.2, -0.15) is 0 Å². The molecule has 1 fully saturated rings. The molecule has 0 radical (unpaired) electrons. The van der Waals surface area contributed by atoms with Crippen LogP contribution in [0.1, 0.15) is 49.5 Å². The lowest BCUT2D eigenvalue weighted by Gasteiger charge is -2.22. The van der Waals surface area contributed by atoms with Crippen LogP contribution in [0.2, 0.25) is 0 Å². The Morgan fingerprint density at radius 1 is 1.33 bits per heavy atom. The lowest BCUT2D eigenvalue weighted by Crippen LogP contribution is -2.32. The first kappa shape index (κ1) is 11.7. The van der Waals surface area contributed by atoms with Crippen LogP contribution in [-0.4, -0.2) is 27.9 Å². The zero-order chi connectivity index (χ0) is 12.5. The second-order valence-corrected chi connectivity index (χ2v) is 5.42. The van der Waals surface area contributed by atoms with Crippen LogP contribution in [-0.2, 0) is 17.6 Å². The molecule has 1 aromatic rings. The van der Waals surface area contributed by atoms with Gasteiger partial charge in [0.25, 0.3) is 0 Å². The number of fused-ring (bicyclic) bond motifs is 1. The topological polar surface area (TPSA) is 59.8 Å². The molecule has 1 N–H and O–H groups in total. The minimum Gasteiger partial charge on any atom is -0.359 e. The van der Waals surface area contributed by atoms with Gasteiger partial charge in [0.15, 0.2) is 0 Å². The average Bonchev–Trinajstić information content (AvgIpc) is 3.05. The zero-order valence-corrected chi connectivity index (χ0v) is 10.9. The lowest BCUT2D eigenvalue weighted by molar-refractivity contribution is -0.124. The molecular formula is C13H20N4O. The zero-order valence-electron chi connectivity index (χ0n) is 10.9. The van der Waals surface area contributed by atoms with E-state index in [2.05, 4.69) is 20.3 Å². The molecule has 1 unspecified atom stereocenters. The van der Waals surface area contributed by atoms with Gasteiger partial charge in [-0.05, 0) is 25.7 Å². The standard InChI is InChI=1S/C13H20N4O/c1-14-13(18)9-6-7-11-12(8-9)17(16-15-11)10-4-2-3-5-10/h9-10H,2-8H2,1H3,(H,14,18). The van der Waals surface area contributed by atoms with E-state index in [0.29, 0.717) is 6.04 Å². The van der Waals surface area contributed by atoms with Crippen molar-refractivity contribution in [3.8, 4) is 0 Å². The molecule has 18 heavy (non-hydrogen) atoms. The van der Waals surface area contributed by atoms with Crippen molar-refractivity contribution in [3.05, 3.63) is 11.4 Å². The molecule has 1 atom stereocenters. The highest BCUT2D eigenvalue weighted by Gasteiger charge is 2.30. The van der Waals surface area contributed by atoms with E-state index in [1.54, 1.807) is 7.05 Å². The summed E-state index contributed by atoms with van der Waals surface area (Å²) < 4.78 is 2.11. The van der Waals surface area contributed by atoms with Crippen LogP contribution < -0.4 is 5.32 Å². The van der Waals surface area contributed by atoms with Crippen LogP contribution >= 0.6 is 0 Å². The van der Waals surface area contributed by atoms with Crippen molar-refractivity contribution in [3.63, 3.8) is 0 Å². The molecule has 1 saturated carbocycles. The molecule has 5 heteroatoms. The van der Waals surface area contributed by atoms with Crippen molar-refractivity contribution in [2.75, 3.05) is 7.05 Å². The summed E-state index contributed by atoms with van der Waals surface area (Å²) >= 11 is 0. The fourth-order valence-electron chi connectivity index (χ4n) is 3.27. The van der Waals surface area contributed by atoms with Crippen LogP contribution in [0.5, 0.6) is 0 Å². The summed E-state index contributed by atoms with van der Waals surface area (Å²) in [4.78, 5) is 11.8. The maximum Gasteiger partial charge on any atom is 0.223 e. The average molecular weight is 248 g/mol. The molecule has 5 nitrogen and oxygen atoms in total. The van der Waals surface area contributed by atoms with E-state index in [-0.39, 0.29) is 11.8 Å². The summed E-state index contributed by atoms with van der Waals surface area (Å²) in [6.07, 6.45) is 7.59. The van der Waals surface area contributed by atoms with Gasteiger partial charge in [-0.15, -0.1) is 5.10 Å². The Labute approximate surface area is 107 Å². The Balaban J connectivity index is 1.84. The minimum atomic E-state index is 0.0983. The van der Waals surface area contributed by atoms with Crippen LogP contribution in [0.4, 0.5) is 0 Å². The number of carbonyl (C=O) groups excluding carboxylic acids is 1. The first-order chi connectivity index (χ1) is 8.79. The number of hydrogen-bond acceptors (Lipinski definition) is 3. The number of rotatable bonds is 2. The van der Waals surface area contributed by atoms with E-state index in [0.717, 1.165) is 25.0 Å². The van der Waals surface area contributed by atoms with Crippen LogP contribution in [0.3, 0.4) is 0 Å². The number of amides is 1. The molecule has 0 saturated heterocycles. The Bertz CT molecular complexity index is 448. The van der Waals surface area contributed by atoms with Gasteiger partial charge < -0.3 is 5.32 Å². The molecule has 0 spiro atoms. The number of hydrogen-bond donors (Lipinski definition) is 1. The Morgan fingerprint density at radius 3 is 2.83 bits per heavy atom. The van der Waals surface area contributed by atoms with Gasteiger partial charge in [-0.1, -0.05) is 18.1 Å². The molecule has 1 heterocycles. The summed E-state index contributed by atoms with van der Waals surface area (Å²) in [5.74, 6) is 0.251. The van der Waals surface area contributed by atoms with E-state index >= 15 is 0 Å². The molecule has 0 aliphatic heterocycles. The van der Waals surface area contributed by atoms with Crippen molar-refractivity contribution < 1.29 is 4.79 Å². The van der Waals surface area contributed by atoms with E-state index < -0.39 is 0 Å². The van der Waals surface area contributed by atoms with Crippen molar-refractivity contribution in [2.24, 2.45) is 5.92 Å². The summed E-state index contributed by atoms with van der Waals surface area (Å²) in [5, 5.41) is 11.4. The van der Waals surface area contributed by atoms with Crippen LogP contribution in [0.25, 0.3) is 0 Å². The summed E-state index contributed by atoms with van der Waals surface area (Å²) in [6.45, 7) is 0. The van der Waals surface area contributed by atoms with Gasteiger partial charge >= 0.3 is 0 Å². The first-order valence-corrected chi connectivity index (χ1v) is 6.94. The third kappa shape index (κ3) is 1.91. The van der Waals surface area contributed by atoms with E-state index in [1.807, 2.05) is 0 Å². The summed E-state index contributed by atoms with van der Waals surface area (Å²) in [6, 6.07) is 0.518. The molecule has 1 amide bonds. The Morgan fingerprint density at radius 2 is 2.11 bits per heavy atom. The van der Waals surface area contributed by atoms with Gasteiger partial charge in [0.05, 0.1) is 17.4 Å². The highest BCUT2D eigenvalue weighted by atomic mass is 16.1. The molecular weight excluding hydrogens is 228 g/mol. The van der Waals surface area contributed by atoms with Crippen LogP contribution in [0.15, 0.2) is 0 Å². The molecule has 3 rings (SSSR count). The smallest absolute Gasteiger partial charge is 0.223 e. The van der Waals surface area contributed by atoms with Crippen LogP contribution in [0, 0.1) is 5.92 Å². The maximum absolute atomic E-state index is 11.8. The predicted molar refractivity (Wildman–Crippen MR) is 67.1 cm³/mol. The fraction of sp³-hybridized carbons (Fsp3) is 0.769. The molecule has 1 aromatic heterocycles. The Hall–Kier alpha value is -1.39. The number of carbonyl (C=O) groups is 1. The Kier molecular flexibility index (Phi) is 3.06. The molecule has 98 valence electrons. The molecule has 0 bridgehead atoms. The van der Waals surface area contributed by atoms with Gasteiger partial charge in [0.2, 0.25) is 5.91 Å². The fourth-order valence-corrected chi connectivity index (χ4v) is 3.27. The second-order valence-electron chi connectivity index (χ2n) is 5.42. The van der Waals surface area contributed by atoms with Gasteiger partial charge in [0.1, 0.15) is 0 Å². The molecule has 2 aliphatic rings. The quantitative estimate of drug-likeness (QED) is 0.856. The molecule has 0 aromatic carbocycles. The van der Waals surface area contributed by atoms with E-state index in [4.69, 9.17) is 0 Å². The first-order valence-electron chi connectivity index (χ1n) is 6.94. The third-order valence-electron chi connectivity index (χ3n) is 4.33. The maximum atomic E-state index is 11.8. The third-order valence-corrected chi connectivity index (χ3v) is 4.33. The van der Waals surface area contributed by atoms with Gasteiger partial charge in [0, 0.05) is 19.4 Å². The van der Waals surface area contributed by atoms with Crippen molar-refractivity contribution in [1.29, 1.82) is 0 Å². The number of nitrogens with zero attached hydrogens (tertiary/aromatic N) is 3. The number of aryl methyl sites for hydroxylation is 1. The second kappa shape index (κ2) is 4.71. The van der Waals surface area contributed by atoms with Crippen molar-refractivity contribution >= 4 is 5.91 Å². The summed E-state index contributed by atoms with van der Waals surface area (Å²) in [7, 11) is 1.71. The number of aromatic nitrogens is 3. The minimum absolute atomic E-state index is 0.0983. The van der Waals surface area contributed by atoms with Gasteiger partial charge in [-0.25, -0.2) is 4.68 Å². The lowest BCUT2D eigenvalue weighted by atomic mass is 9.89. The highest BCUT2D eigenvalue weighted by molar-refractivity contribution is 5.78. The largest absolute Gasteiger partial charge is 0.359 e. The van der Waals surface area contributed by atoms with E-state index in [9.17, 15) is 4.79 Å². The summed E-state index contributed by atoms with van der Waals surface area (Å²) in [5.41, 5.74) is 2.32. The predicted octanol–water partition coefficient (Wildman–Crippen LogP) is 1.24. The number of nitrogens with one attached hydrogen (secondary N) is 1. The van der Waals surface area contributed by atoms with E-state index in [1.165, 1.54) is 31.4 Å².